The number of carbonyl (C=O) groups excluding carboxylic acids is 4. The molecule has 0 radical (unpaired) electrons. The van der Waals surface area contributed by atoms with Crippen LogP contribution >= 0.6 is 0 Å². The monoisotopic (exact) mass is 666 g/mol. The number of fused-ring (bicyclic) bond motifs is 3. The third-order valence-electron chi connectivity index (χ3n) is 7.64. The summed E-state index contributed by atoms with van der Waals surface area (Å²) in [5.74, 6) is -0.533. The number of carbonyl (C=O) groups is 4. The molecule has 3 rings (SSSR count). The van der Waals surface area contributed by atoms with E-state index in [4.69, 9.17) is 14.2 Å². The largest absolute Gasteiger partial charge is 0.449 e. The third-order valence-corrected chi connectivity index (χ3v) is 7.64. The molecule has 1 atom stereocenters. The van der Waals surface area contributed by atoms with Gasteiger partial charge in [-0.3, -0.25) is 4.79 Å². The molecule has 0 fully saturated rings. The summed E-state index contributed by atoms with van der Waals surface area (Å²) in [5, 5.41) is 8.37. The van der Waals surface area contributed by atoms with E-state index in [1.54, 1.807) is 25.7 Å². The van der Waals surface area contributed by atoms with Crippen molar-refractivity contribution in [1.29, 1.82) is 0 Å². The normalized spacial score (nSPS) is 13.2. The second-order valence-electron chi connectivity index (χ2n) is 14.4. The van der Waals surface area contributed by atoms with Crippen molar-refractivity contribution in [2.75, 3.05) is 32.8 Å². The molecule has 11 nitrogen and oxygen atoms in total. The van der Waals surface area contributed by atoms with Crippen molar-refractivity contribution in [2.45, 2.75) is 97.8 Å². The van der Waals surface area contributed by atoms with Crippen LogP contribution in [-0.2, 0) is 19.0 Å². The first-order valence-electron chi connectivity index (χ1n) is 16.9. The van der Waals surface area contributed by atoms with E-state index in [0.29, 0.717) is 45.4 Å². The number of nitrogens with one attached hydrogen (secondary N) is 3. The Labute approximate surface area is 285 Å². The summed E-state index contributed by atoms with van der Waals surface area (Å²) in [6, 6.07) is 15.5. The summed E-state index contributed by atoms with van der Waals surface area (Å²) >= 11 is 0. The van der Waals surface area contributed by atoms with Gasteiger partial charge in [-0.1, -0.05) is 62.4 Å². The van der Waals surface area contributed by atoms with Crippen LogP contribution in [0.1, 0.15) is 91.7 Å². The number of rotatable bonds is 14. The molecule has 48 heavy (non-hydrogen) atoms. The van der Waals surface area contributed by atoms with Gasteiger partial charge in [-0.15, -0.1) is 0 Å². The lowest BCUT2D eigenvalue weighted by molar-refractivity contribution is -0.124. The van der Waals surface area contributed by atoms with Crippen molar-refractivity contribution in [1.82, 2.24) is 20.9 Å². The Kier molecular flexibility index (Phi) is 13.7. The fourth-order valence-electron chi connectivity index (χ4n) is 5.45. The molecule has 0 bridgehead atoms. The molecule has 0 saturated carbocycles. The van der Waals surface area contributed by atoms with Gasteiger partial charge in [0.15, 0.2) is 0 Å². The van der Waals surface area contributed by atoms with Gasteiger partial charge in [0.25, 0.3) is 0 Å². The molecule has 0 aromatic heterocycles. The van der Waals surface area contributed by atoms with Crippen LogP contribution in [0.4, 0.5) is 14.4 Å². The molecule has 2 aromatic rings. The fourth-order valence-corrected chi connectivity index (χ4v) is 5.45. The van der Waals surface area contributed by atoms with Crippen molar-refractivity contribution in [2.24, 2.45) is 5.92 Å². The van der Waals surface area contributed by atoms with Crippen molar-refractivity contribution in [3.8, 4) is 11.1 Å². The number of hydrogen-bond donors (Lipinski definition) is 3. The summed E-state index contributed by atoms with van der Waals surface area (Å²) < 4.78 is 16.5. The maximum atomic E-state index is 13.1. The molecular weight excluding hydrogens is 612 g/mol. The predicted molar refractivity (Wildman–Crippen MR) is 186 cm³/mol. The molecule has 1 aliphatic carbocycles. The lowest BCUT2D eigenvalue weighted by Gasteiger charge is -2.27. The molecule has 2 aromatic carbocycles. The Morgan fingerprint density at radius 3 is 1.83 bits per heavy atom. The van der Waals surface area contributed by atoms with Gasteiger partial charge in [-0.05, 0) is 89.0 Å². The van der Waals surface area contributed by atoms with Crippen molar-refractivity contribution in [3.05, 3.63) is 59.7 Å². The number of benzene rings is 2. The smallest absolute Gasteiger partial charge is 0.410 e. The van der Waals surface area contributed by atoms with E-state index >= 15 is 0 Å². The summed E-state index contributed by atoms with van der Waals surface area (Å²) in [6.07, 6.45) is 0.167. The highest BCUT2D eigenvalue weighted by atomic mass is 16.6. The highest BCUT2D eigenvalue weighted by molar-refractivity contribution is 5.86. The number of amides is 4. The molecule has 0 spiro atoms. The fraction of sp³-hybridized carbons (Fsp3) is 0.568. The lowest BCUT2D eigenvalue weighted by Crippen LogP contribution is -2.50. The standard InChI is InChI=1S/C37H54N4O7/c1-25(2)31(40-34(44)46-24-30-28-18-11-9-16-26(28)27-17-10-12-19-29(27)30)32(42)38-20-13-14-22-41(35(45)48-37(6,7)8)23-15-21-39-33(43)47-36(3,4)5/h9-12,16-19,25,30-31H,13-15,20-24H2,1-8H3,(H,38,42)(H,39,43)(H,40,44). The Hall–Kier alpha value is -4.28. The predicted octanol–water partition coefficient (Wildman–Crippen LogP) is 6.60. The second kappa shape index (κ2) is 17.2. The number of ether oxygens (including phenoxy) is 3. The Balaban J connectivity index is 1.44. The number of unbranched alkanes of at least 4 members (excludes halogenated alkanes) is 1. The highest BCUT2D eigenvalue weighted by Gasteiger charge is 2.30. The van der Waals surface area contributed by atoms with Crippen LogP contribution in [0.5, 0.6) is 0 Å². The van der Waals surface area contributed by atoms with E-state index in [-0.39, 0.29) is 24.3 Å². The molecule has 264 valence electrons. The first-order chi connectivity index (χ1) is 22.6. The van der Waals surface area contributed by atoms with Gasteiger partial charge in [0.2, 0.25) is 5.91 Å². The van der Waals surface area contributed by atoms with Crippen LogP contribution < -0.4 is 16.0 Å². The van der Waals surface area contributed by atoms with Gasteiger partial charge in [0, 0.05) is 32.1 Å². The summed E-state index contributed by atoms with van der Waals surface area (Å²) in [6.45, 7) is 16.2. The van der Waals surface area contributed by atoms with Crippen LogP contribution in [0.2, 0.25) is 0 Å². The van der Waals surface area contributed by atoms with E-state index in [2.05, 4.69) is 40.2 Å². The zero-order chi connectivity index (χ0) is 35.5. The minimum absolute atomic E-state index is 0.0732. The average Bonchev–Trinajstić information content (AvgIpc) is 3.31. The molecule has 3 N–H and O–H groups in total. The van der Waals surface area contributed by atoms with Gasteiger partial charge in [0.05, 0.1) is 0 Å². The van der Waals surface area contributed by atoms with Gasteiger partial charge >= 0.3 is 18.3 Å². The van der Waals surface area contributed by atoms with Crippen LogP contribution in [-0.4, -0.2) is 79.1 Å². The second-order valence-corrected chi connectivity index (χ2v) is 14.4. The van der Waals surface area contributed by atoms with Gasteiger partial charge in [-0.2, -0.15) is 0 Å². The lowest BCUT2D eigenvalue weighted by atomic mass is 9.98. The van der Waals surface area contributed by atoms with Gasteiger partial charge in [-0.25, -0.2) is 14.4 Å². The Morgan fingerprint density at radius 1 is 0.729 bits per heavy atom. The van der Waals surface area contributed by atoms with Crippen molar-refractivity contribution in [3.63, 3.8) is 0 Å². The molecule has 1 aliphatic rings. The molecule has 0 saturated heterocycles. The zero-order valence-electron chi connectivity index (χ0n) is 29.8. The maximum absolute atomic E-state index is 13.1. The molecular formula is C37H54N4O7. The van der Waals surface area contributed by atoms with Crippen LogP contribution in [0, 0.1) is 5.92 Å². The van der Waals surface area contributed by atoms with E-state index < -0.39 is 35.5 Å². The summed E-state index contributed by atoms with van der Waals surface area (Å²) in [5.41, 5.74) is 3.29. The van der Waals surface area contributed by atoms with E-state index in [9.17, 15) is 19.2 Å². The van der Waals surface area contributed by atoms with Gasteiger partial charge in [0.1, 0.15) is 23.9 Å². The molecule has 11 heteroatoms. The number of hydrogen-bond acceptors (Lipinski definition) is 7. The van der Waals surface area contributed by atoms with Crippen molar-refractivity contribution < 1.29 is 33.4 Å². The van der Waals surface area contributed by atoms with E-state index in [1.807, 2.05) is 58.9 Å². The molecule has 0 heterocycles. The van der Waals surface area contributed by atoms with E-state index in [0.717, 1.165) is 22.3 Å². The minimum Gasteiger partial charge on any atom is -0.449 e. The Morgan fingerprint density at radius 2 is 1.27 bits per heavy atom. The Bertz CT molecular complexity index is 1350. The maximum Gasteiger partial charge on any atom is 0.410 e. The SMILES string of the molecule is CC(C)C(NC(=O)OCC1c2ccccc2-c2ccccc21)C(=O)NCCCCN(CCCNC(=O)OC(C)(C)C)C(=O)OC(C)(C)C. The number of alkyl carbamates (subject to hydrolysis) is 2. The van der Waals surface area contributed by atoms with Gasteiger partial charge < -0.3 is 35.1 Å². The van der Waals surface area contributed by atoms with Crippen LogP contribution in [0.25, 0.3) is 11.1 Å². The zero-order valence-corrected chi connectivity index (χ0v) is 29.8. The summed E-state index contributed by atoms with van der Waals surface area (Å²) in [4.78, 5) is 52.3. The first-order valence-corrected chi connectivity index (χ1v) is 16.9. The third kappa shape index (κ3) is 12.1. The van der Waals surface area contributed by atoms with Crippen molar-refractivity contribution >= 4 is 24.2 Å². The topological polar surface area (TPSA) is 135 Å². The highest BCUT2D eigenvalue weighted by Crippen LogP contribution is 2.44. The van der Waals surface area contributed by atoms with Crippen LogP contribution in [0.15, 0.2) is 48.5 Å². The quantitative estimate of drug-likeness (QED) is 0.153. The molecule has 0 aliphatic heterocycles. The van der Waals surface area contributed by atoms with E-state index in [1.165, 1.54) is 0 Å². The minimum atomic E-state index is -0.767. The number of nitrogens with zero attached hydrogens (tertiary/aromatic N) is 1. The average molecular weight is 667 g/mol. The summed E-state index contributed by atoms with van der Waals surface area (Å²) in [7, 11) is 0. The first kappa shape index (κ1) is 38.2. The molecule has 1 unspecified atom stereocenters. The van der Waals surface area contributed by atoms with Crippen LogP contribution in [0.3, 0.4) is 0 Å². The molecule has 4 amide bonds.